The number of carbonyl (C=O) groups excluding carboxylic acids is 3. The van der Waals surface area contributed by atoms with Crippen molar-refractivity contribution in [1.29, 1.82) is 0 Å². The Hall–Kier alpha value is -4.96. The first-order chi connectivity index (χ1) is 23.6. The first-order valence-electron chi connectivity index (χ1n) is 16.1. The van der Waals surface area contributed by atoms with E-state index >= 15 is 0 Å². The number of nitrogens with two attached hydrogens (primary N) is 1. The fourth-order valence-electron chi connectivity index (χ4n) is 6.18. The Labute approximate surface area is 290 Å². The minimum Gasteiger partial charge on any atom is -0.397 e. The maximum Gasteiger partial charge on any atom is 0.435 e. The summed E-state index contributed by atoms with van der Waals surface area (Å²) in [6, 6.07) is 5.90. The number of alkyl halides is 3. The summed E-state index contributed by atoms with van der Waals surface area (Å²) in [5, 5.41) is 6.40. The molecule has 4 aromatic rings. The number of halogens is 4. The number of nitrogens with one attached hydrogen (secondary N) is 2. The van der Waals surface area contributed by atoms with Gasteiger partial charge in [-0.2, -0.15) is 18.3 Å². The molecule has 13 nitrogen and oxygen atoms in total. The van der Waals surface area contributed by atoms with Gasteiger partial charge in [-0.25, -0.2) is 14.6 Å². The van der Waals surface area contributed by atoms with Crippen LogP contribution in [0.15, 0.2) is 42.9 Å². The van der Waals surface area contributed by atoms with Gasteiger partial charge in [-0.05, 0) is 36.8 Å². The summed E-state index contributed by atoms with van der Waals surface area (Å²) in [6.07, 6.45) is 0.472. The first-order valence-corrected chi connectivity index (χ1v) is 16.4. The number of quaternary nitrogens is 1. The molecule has 2 aliphatic rings. The Kier molecular flexibility index (Phi) is 9.35. The second kappa shape index (κ2) is 13.4. The van der Waals surface area contributed by atoms with Crippen molar-refractivity contribution in [2.45, 2.75) is 25.9 Å². The van der Waals surface area contributed by atoms with E-state index in [1.165, 1.54) is 30.5 Å². The van der Waals surface area contributed by atoms with Crippen LogP contribution in [0, 0.1) is 12.8 Å². The van der Waals surface area contributed by atoms with E-state index in [1.54, 1.807) is 11.8 Å². The quantitative estimate of drug-likeness (QED) is 0.253. The maximum atomic E-state index is 14.0. The third-order valence-corrected chi connectivity index (χ3v) is 9.60. The van der Waals surface area contributed by atoms with Crippen molar-refractivity contribution in [2.75, 3.05) is 64.4 Å². The molecule has 0 saturated carbocycles. The van der Waals surface area contributed by atoms with E-state index in [1.807, 2.05) is 4.90 Å². The van der Waals surface area contributed by atoms with E-state index < -0.39 is 17.8 Å². The predicted molar refractivity (Wildman–Crippen MR) is 180 cm³/mol. The molecule has 3 amide bonds. The number of imidazole rings is 1. The van der Waals surface area contributed by atoms with Gasteiger partial charge in [0.15, 0.2) is 17.3 Å². The van der Waals surface area contributed by atoms with E-state index in [0.29, 0.717) is 37.4 Å². The fourth-order valence-corrected chi connectivity index (χ4v) is 6.44. The number of aromatic nitrogens is 5. The number of carbonyl (C=O) groups is 3. The van der Waals surface area contributed by atoms with Gasteiger partial charge in [0.2, 0.25) is 5.91 Å². The van der Waals surface area contributed by atoms with Gasteiger partial charge < -0.3 is 30.3 Å². The van der Waals surface area contributed by atoms with Crippen molar-refractivity contribution in [3.05, 3.63) is 70.5 Å². The number of benzene rings is 1. The molecule has 2 saturated heterocycles. The molecule has 1 aromatic carbocycles. The average molecular weight is 714 g/mol. The highest BCUT2D eigenvalue weighted by molar-refractivity contribution is 6.34. The highest BCUT2D eigenvalue weighted by Gasteiger charge is 2.39. The molecular weight excluding hydrogens is 677 g/mol. The monoisotopic (exact) mass is 713 g/mol. The summed E-state index contributed by atoms with van der Waals surface area (Å²) >= 11 is 6.48. The largest absolute Gasteiger partial charge is 0.435 e. The molecule has 17 heteroatoms. The van der Waals surface area contributed by atoms with Crippen LogP contribution in [0.1, 0.15) is 45.1 Å². The van der Waals surface area contributed by atoms with E-state index in [2.05, 4.69) is 39.5 Å². The third-order valence-electron chi connectivity index (χ3n) is 9.29. The van der Waals surface area contributed by atoms with Gasteiger partial charge in [-0.15, -0.1) is 0 Å². The number of piperidine rings is 1. The lowest BCUT2D eigenvalue weighted by Gasteiger charge is -2.40. The van der Waals surface area contributed by atoms with Crippen LogP contribution in [0.25, 0.3) is 17.1 Å². The number of rotatable bonds is 6. The van der Waals surface area contributed by atoms with Crippen LogP contribution in [0.2, 0.25) is 5.02 Å². The lowest BCUT2D eigenvalue weighted by Crippen LogP contribution is -2.54. The molecule has 3 aromatic heterocycles. The summed E-state index contributed by atoms with van der Waals surface area (Å²) in [5.41, 5.74) is 5.63. The molecule has 50 heavy (non-hydrogen) atoms. The van der Waals surface area contributed by atoms with Crippen molar-refractivity contribution < 1.29 is 32.0 Å². The molecule has 6 rings (SSSR count). The molecule has 0 bridgehead atoms. The Bertz CT molecular complexity index is 1940. The molecule has 0 spiro atoms. The van der Waals surface area contributed by atoms with Crippen LogP contribution in [0.3, 0.4) is 0 Å². The zero-order valence-corrected chi connectivity index (χ0v) is 28.5. The van der Waals surface area contributed by atoms with Crippen molar-refractivity contribution >= 4 is 40.7 Å². The lowest BCUT2D eigenvalue weighted by atomic mass is 9.94. The molecule has 2 aliphatic heterocycles. The van der Waals surface area contributed by atoms with Crippen LogP contribution in [0.5, 0.6) is 0 Å². The van der Waals surface area contributed by atoms with Crippen LogP contribution < -0.4 is 11.1 Å². The van der Waals surface area contributed by atoms with Crippen molar-refractivity contribution in [3.63, 3.8) is 0 Å². The number of pyridine rings is 1. The second-order valence-corrected chi connectivity index (χ2v) is 13.7. The van der Waals surface area contributed by atoms with Gasteiger partial charge in [0.25, 0.3) is 11.8 Å². The van der Waals surface area contributed by atoms with Crippen LogP contribution >= 0.6 is 11.6 Å². The maximum absolute atomic E-state index is 14.0. The number of anilines is 2. The van der Waals surface area contributed by atoms with Crippen molar-refractivity contribution in [1.82, 2.24) is 34.5 Å². The molecule has 5 heterocycles. The van der Waals surface area contributed by atoms with Gasteiger partial charge in [0.05, 0.1) is 67.1 Å². The van der Waals surface area contributed by atoms with E-state index in [-0.39, 0.29) is 56.9 Å². The number of aromatic amines is 1. The summed E-state index contributed by atoms with van der Waals surface area (Å²) < 4.78 is 43.8. The van der Waals surface area contributed by atoms with Gasteiger partial charge >= 0.3 is 6.18 Å². The summed E-state index contributed by atoms with van der Waals surface area (Å²) in [6.45, 7) is 5.26. The van der Waals surface area contributed by atoms with E-state index in [9.17, 15) is 27.6 Å². The minimum absolute atomic E-state index is 0.0204. The number of piperazine rings is 1. The molecule has 0 aliphatic carbocycles. The zero-order valence-electron chi connectivity index (χ0n) is 27.7. The van der Waals surface area contributed by atoms with E-state index in [0.717, 1.165) is 47.5 Å². The molecule has 0 unspecified atom stereocenters. The highest BCUT2D eigenvalue weighted by atomic mass is 35.5. The van der Waals surface area contributed by atoms with Crippen molar-refractivity contribution in [2.24, 2.45) is 5.92 Å². The number of H-pyrrole nitrogens is 1. The van der Waals surface area contributed by atoms with Crippen LogP contribution in [0.4, 0.5) is 24.5 Å². The predicted octanol–water partition coefficient (Wildman–Crippen LogP) is 4.24. The number of hydrogen-bond acceptors (Lipinski definition) is 7. The average Bonchev–Trinajstić information content (AvgIpc) is 3.74. The van der Waals surface area contributed by atoms with Crippen molar-refractivity contribution in [3.8, 4) is 17.1 Å². The number of nitrogen functional groups attached to an aromatic ring is 1. The molecule has 2 fully saturated rings. The molecule has 4 N–H and O–H groups in total. The Morgan fingerprint density at radius 3 is 2.34 bits per heavy atom. The Morgan fingerprint density at radius 2 is 1.70 bits per heavy atom. The van der Waals surface area contributed by atoms with Gasteiger partial charge in [0, 0.05) is 56.8 Å². The summed E-state index contributed by atoms with van der Waals surface area (Å²) in [4.78, 5) is 53.6. The molecule has 0 radical (unpaired) electrons. The SMILES string of the molecule is Cc1cc(-n2cc(-c3cnc(C(=O)Nc4ccc(C(=O)N5CCN(C(=O)C6CC[N+](C)(C)CC6)CC5)c(Cl)c4)[nH]3)c(C(F)(F)F)n2)ncc1N. The summed E-state index contributed by atoms with van der Waals surface area (Å²) in [5.74, 6) is -1.00. The Morgan fingerprint density at radius 1 is 1.02 bits per heavy atom. The van der Waals surface area contributed by atoms with E-state index in [4.69, 9.17) is 17.3 Å². The first kappa shape index (κ1) is 34.9. The highest BCUT2D eigenvalue weighted by Crippen LogP contribution is 2.36. The van der Waals surface area contributed by atoms with Gasteiger partial charge in [0.1, 0.15) is 0 Å². The molecule has 0 atom stereocenters. The topological polar surface area (TPSA) is 155 Å². The molecule has 264 valence electrons. The van der Waals surface area contributed by atoms with Gasteiger partial charge in [-0.3, -0.25) is 14.4 Å². The van der Waals surface area contributed by atoms with Crippen LogP contribution in [-0.2, 0) is 11.0 Å². The second-order valence-electron chi connectivity index (χ2n) is 13.3. The number of hydrogen-bond donors (Lipinski definition) is 3. The summed E-state index contributed by atoms with van der Waals surface area (Å²) in [7, 11) is 4.34. The van der Waals surface area contributed by atoms with Crippen LogP contribution in [-0.4, -0.2) is 110 Å². The lowest BCUT2D eigenvalue weighted by molar-refractivity contribution is -0.895. The fraction of sp³-hybridized carbons (Fsp3) is 0.394. The third kappa shape index (κ3) is 7.31. The number of amides is 3. The van der Waals surface area contributed by atoms with Gasteiger partial charge in [-0.1, -0.05) is 11.6 Å². The normalized spacial score (nSPS) is 16.8. The smallest absolute Gasteiger partial charge is 0.397 e. The molecular formula is C33H37ClF3N10O3+. The standard InChI is InChI=1S/C33H36ClF3N10O3/c1-19-14-27(39-16-25(19)38)46-18-23(28(43-46)33(35,36)37)26-17-40-29(42-26)30(48)41-21-4-5-22(24(34)15-21)32(50)45-10-8-44(9-11-45)31(49)20-6-12-47(2,3)13-7-20/h4-5,14-18,20H,6-13,38H2,1-3H3,(H-,40,41,42,48,50)/p+1. The minimum atomic E-state index is -4.82. The zero-order chi connectivity index (χ0) is 36.0. The number of nitrogens with zero attached hydrogens (tertiary/aromatic N) is 7. The Balaban J connectivity index is 1.09. The number of likely N-dealkylation sites (tertiary alicyclic amines) is 1. The number of aryl methyl sites for hydroxylation is 1.